The fourth-order valence-electron chi connectivity index (χ4n) is 2.69. The number of aryl methyl sites for hydroxylation is 1. The highest BCUT2D eigenvalue weighted by Gasteiger charge is 2.16. The molecule has 2 aromatic rings. The molecule has 3 rings (SSSR count). The Balaban J connectivity index is 1.59. The molecule has 1 aliphatic rings. The topological polar surface area (TPSA) is 76.6 Å². The zero-order valence-corrected chi connectivity index (χ0v) is 14.5. The summed E-state index contributed by atoms with van der Waals surface area (Å²) in [5.41, 5.74) is 1.48. The normalized spacial score (nSPS) is 13.6. The van der Waals surface area contributed by atoms with Gasteiger partial charge in [0.05, 0.1) is 7.11 Å². The SMILES string of the molecule is COc1cccc(NC(=O)COc2cc(C)nc(N3CCCC3)n2)c1. The van der Waals surface area contributed by atoms with Gasteiger partial charge < -0.3 is 19.7 Å². The second kappa shape index (κ2) is 7.83. The van der Waals surface area contributed by atoms with Crippen LogP contribution >= 0.6 is 0 Å². The molecule has 7 nitrogen and oxygen atoms in total. The summed E-state index contributed by atoms with van der Waals surface area (Å²) in [6, 6.07) is 8.90. The van der Waals surface area contributed by atoms with Crippen LogP contribution in [0.15, 0.2) is 30.3 Å². The van der Waals surface area contributed by atoms with Gasteiger partial charge in [-0.2, -0.15) is 4.98 Å². The van der Waals surface area contributed by atoms with Crippen molar-refractivity contribution in [2.24, 2.45) is 0 Å². The lowest BCUT2D eigenvalue weighted by molar-refractivity contribution is -0.118. The van der Waals surface area contributed by atoms with Crippen LogP contribution in [-0.2, 0) is 4.79 Å². The predicted molar refractivity (Wildman–Crippen MR) is 95.3 cm³/mol. The Morgan fingerprint density at radius 3 is 2.80 bits per heavy atom. The largest absolute Gasteiger partial charge is 0.497 e. The van der Waals surface area contributed by atoms with Crippen molar-refractivity contribution in [2.75, 3.05) is 37.0 Å². The van der Waals surface area contributed by atoms with Gasteiger partial charge in [0, 0.05) is 36.6 Å². The van der Waals surface area contributed by atoms with Crippen molar-refractivity contribution >= 4 is 17.5 Å². The number of nitrogens with one attached hydrogen (secondary N) is 1. The molecule has 1 aromatic heterocycles. The molecule has 0 atom stereocenters. The first kappa shape index (κ1) is 17.0. The lowest BCUT2D eigenvalue weighted by atomic mass is 10.3. The minimum absolute atomic E-state index is 0.118. The number of hydrogen-bond donors (Lipinski definition) is 1. The average Bonchev–Trinajstić information content (AvgIpc) is 3.14. The van der Waals surface area contributed by atoms with Crippen LogP contribution < -0.4 is 19.7 Å². The minimum atomic E-state index is -0.257. The van der Waals surface area contributed by atoms with Gasteiger partial charge in [0.25, 0.3) is 5.91 Å². The van der Waals surface area contributed by atoms with Crippen LogP contribution in [-0.4, -0.2) is 42.7 Å². The first-order valence-electron chi connectivity index (χ1n) is 8.31. The highest BCUT2D eigenvalue weighted by Crippen LogP contribution is 2.20. The summed E-state index contributed by atoms with van der Waals surface area (Å²) < 4.78 is 10.7. The van der Waals surface area contributed by atoms with E-state index in [1.165, 1.54) is 0 Å². The number of carbonyl (C=O) groups is 1. The van der Waals surface area contributed by atoms with Gasteiger partial charge in [-0.25, -0.2) is 4.98 Å². The Bertz CT molecular complexity index is 745. The second-order valence-corrected chi connectivity index (χ2v) is 5.91. The molecule has 1 saturated heterocycles. The van der Waals surface area contributed by atoms with Crippen LogP contribution in [0.1, 0.15) is 18.5 Å². The number of amides is 1. The third kappa shape index (κ3) is 4.59. The van der Waals surface area contributed by atoms with Crippen molar-refractivity contribution in [3.8, 4) is 11.6 Å². The van der Waals surface area contributed by atoms with E-state index < -0.39 is 0 Å². The molecule has 0 bridgehead atoms. The third-order valence-corrected chi connectivity index (χ3v) is 3.91. The van der Waals surface area contributed by atoms with Gasteiger partial charge in [0.15, 0.2) is 6.61 Å². The van der Waals surface area contributed by atoms with Crippen molar-refractivity contribution in [1.82, 2.24) is 9.97 Å². The Labute approximate surface area is 147 Å². The summed E-state index contributed by atoms with van der Waals surface area (Å²) in [6.45, 7) is 3.69. The molecule has 0 unspecified atom stereocenters. The zero-order valence-electron chi connectivity index (χ0n) is 14.5. The molecule has 1 aliphatic heterocycles. The molecule has 1 amide bonds. The van der Waals surface area contributed by atoms with Gasteiger partial charge >= 0.3 is 0 Å². The molecular weight excluding hydrogens is 320 g/mol. The molecule has 1 fully saturated rings. The Hall–Kier alpha value is -2.83. The van der Waals surface area contributed by atoms with Crippen molar-refractivity contribution in [3.05, 3.63) is 36.0 Å². The summed E-state index contributed by atoms with van der Waals surface area (Å²) >= 11 is 0. The molecule has 132 valence electrons. The fourth-order valence-corrected chi connectivity index (χ4v) is 2.69. The van der Waals surface area contributed by atoms with E-state index in [-0.39, 0.29) is 12.5 Å². The van der Waals surface area contributed by atoms with Crippen molar-refractivity contribution < 1.29 is 14.3 Å². The quantitative estimate of drug-likeness (QED) is 0.869. The molecule has 0 saturated carbocycles. The molecule has 7 heteroatoms. The number of nitrogens with zero attached hydrogens (tertiary/aromatic N) is 3. The Morgan fingerprint density at radius 2 is 2.04 bits per heavy atom. The van der Waals surface area contributed by atoms with Crippen LogP contribution in [0.3, 0.4) is 0 Å². The molecule has 0 spiro atoms. The second-order valence-electron chi connectivity index (χ2n) is 5.91. The number of aromatic nitrogens is 2. The number of carbonyl (C=O) groups excluding carboxylic acids is 1. The maximum atomic E-state index is 12.1. The van der Waals surface area contributed by atoms with Gasteiger partial charge in [0.1, 0.15) is 5.75 Å². The highest BCUT2D eigenvalue weighted by atomic mass is 16.5. The first-order valence-corrected chi connectivity index (χ1v) is 8.31. The number of ether oxygens (including phenoxy) is 2. The number of methoxy groups -OCH3 is 1. The van der Waals surface area contributed by atoms with Crippen molar-refractivity contribution in [2.45, 2.75) is 19.8 Å². The van der Waals surface area contributed by atoms with E-state index in [4.69, 9.17) is 9.47 Å². The van der Waals surface area contributed by atoms with E-state index in [1.54, 1.807) is 25.3 Å². The van der Waals surface area contributed by atoms with E-state index in [1.807, 2.05) is 19.1 Å². The van der Waals surface area contributed by atoms with E-state index in [2.05, 4.69) is 20.2 Å². The van der Waals surface area contributed by atoms with Gasteiger partial charge in [-0.3, -0.25) is 4.79 Å². The summed E-state index contributed by atoms with van der Waals surface area (Å²) in [4.78, 5) is 23.1. The van der Waals surface area contributed by atoms with E-state index in [9.17, 15) is 4.79 Å². The van der Waals surface area contributed by atoms with Crippen molar-refractivity contribution in [3.63, 3.8) is 0 Å². The molecule has 2 heterocycles. The Kier molecular flexibility index (Phi) is 5.33. The number of anilines is 2. The van der Waals surface area contributed by atoms with Crippen LogP contribution in [0.4, 0.5) is 11.6 Å². The maximum absolute atomic E-state index is 12.1. The summed E-state index contributed by atoms with van der Waals surface area (Å²) in [6.07, 6.45) is 2.30. The lowest BCUT2D eigenvalue weighted by Crippen LogP contribution is -2.23. The molecule has 0 aliphatic carbocycles. The van der Waals surface area contributed by atoms with Crippen LogP contribution in [0.25, 0.3) is 0 Å². The molecule has 1 aromatic carbocycles. The van der Waals surface area contributed by atoms with Gasteiger partial charge in [-0.15, -0.1) is 0 Å². The summed E-state index contributed by atoms with van der Waals surface area (Å²) in [5.74, 6) is 1.50. The average molecular weight is 342 g/mol. The van der Waals surface area contributed by atoms with Crippen LogP contribution in [0, 0.1) is 6.92 Å². The lowest BCUT2D eigenvalue weighted by Gasteiger charge is -2.16. The maximum Gasteiger partial charge on any atom is 0.262 e. The summed E-state index contributed by atoms with van der Waals surface area (Å²) in [7, 11) is 1.58. The number of rotatable bonds is 6. The molecule has 25 heavy (non-hydrogen) atoms. The smallest absolute Gasteiger partial charge is 0.262 e. The van der Waals surface area contributed by atoms with E-state index in [0.717, 1.165) is 31.6 Å². The van der Waals surface area contributed by atoms with Gasteiger partial charge in [-0.05, 0) is 31.9 Å². The van der Waals surface area contributed by atoms with E-state index >= 15 is 0 Å². The number of benzene rings is 1. The highest BCUT2D eigenvalue weighted by molar-refractivity contribution is 5.92. The molecule has 1 N–H and O–H groups in total. The molecular formula is C18H22N4O3. The minimum Gasteiger partial charge on any atom is -0.497 e. The monoisotopic (exact) mass is 342 g/mol. The Morgan fingerprint density at radius 1 is 1.24 bits per heavy atom. The van der Waals surface area contributed by atoms with Gasteiger partial charge in [0.2, 0.25) is 11.8 Å². The first-order chi connectivity index (χ1) is 12.1. The zero-order chi connectivity index (χ0) is 17.6. The van der Waals surface area contributed by atoms with Gasteiger partial charge in [-0.1, -0.05) is 6.07 Å². The fraction of sp³-hybridized carbons (Fsp3) is 0.389. The molecule has 0 radical (unpaired) electrons. The third-order valence-electron chi connectivity index (χ3n) is 3.91. The summed E-state index contributed by atoms with van der Waals surface area (Å²) in [5, 5.41) is 2.77. The van der Waals surface area contributed by atoms with Crippen LogP contribution in [0.5, 0.6) is 11.6 Å². The standard InChI is InChI=1S/C18H22N4O3/c1-13-10-17(21-18(19-13)22-8-3-4-9-22)25-12-16(23)20-14-6-5-7-15(11-14)24-2/h5-7,10-11H,3-4,8-9,12H2,1-2H3,(H,20,23). The van der Waals surface area contributed by atoms with Crippen molar-refractivity contribution in [1.29, 1.82) is 0 Å². The van der Waals surface area contributed by atoms with Crippen LogP contribution in [0.2, 0.25) is 0 Å². The number of hydrogen-bond acceptors (Lipinski definition) is 6. The predicted octanol–water partition coefficient (Wildman–Crippen LogP) is 2.41. The van der Waals surface area contributed by atoms with E-state index in [0.29, 0.717) is 23.3 Å².